The molecule has 1 fully saturated rings. The van der Waals surface area contributed by atoms with E-state index in [0.29, 0.717) is 0 Å². The average Bonchev–Trinajstić information content (AvgIpc) is 2.69. The van der Waals surface area contributed by atoms with Crippen LogP contribution in [0.15, 0.2) is 42.5 Å². The summed E-state index contributed by atoms with van der Waals surface area (Å²) in [6, 6.07) is 14.5. The van der Waals surface area contributed by atoms with E-state index in [9.17, 15) is 4.79 Å². The molecule has 26 heavy (non-hydrogen) atoms. The molecule has 1 amide bonds. The monoisotopic (exact) mass is 351 g/mol. The van der Waals surface area contributed by atoms with Crippen LogP contribution < -0.4 is 15.5 Å². The Kier molecular flexibility index (Phi) is 6.16. The van der Waals surface area contributed by atoms with E-state index in [0.717, 1.165) is 36.4 Å². The first kappa shape index (κ1) is 18.3. The average molecular weight is 351 g/mol. The number of nitrogens with zero attached hydrogens (tertiary/aromatic N) is 1. The van der Waals surface area contributed by atoms with Crippen molar-refractivity contribution in [3.63, 3.8) is 0 Å². The number of nitrogens with one attached hydrogen (secondary N) is 2. The van der Waals surface area contributed by atoms with Gasteiger partial charge in [-0.3, -0.25) is 4.79 Å². The number of hydrogen-bond donors (Lipinski definition) is 2. The first-order valence-electron chi connectivity index (χ1n) is 9.64. The molecule has 0 aromatic heterocycles. The van der Waals surface area contributed by atoms with Crippen molar-refractivity contribution >= 4 is 23.0 Å². The van der Waals surface area contributed by atoms with Gasteiger partial charge in [-0.1, -0.05) is 25.1 Å². The molecule has 0 unspecified atom stereocenters. The number of aryl methyl sites for hydroxylation is 2. The fourth-order valence-electron chi connectivity index (χ4n) is 3.51. The summed E-state index contributed by atoms with van der Waals surface area (Å²) >= 11 is 0. The maximum Gasteiger partial charge on any atom is 0.243 e. The van der Waals surface area contributed by atoms with E-state index in [1.54, 1.807) is 0 Å². The zero-order valence-corrected chi connectivity index (χ0v) is 15.8. The lowest BCUT2D eigenvalue weighted by Gasteiger charge is -2.28. The lowest BCUT2D eigenvalue weighted by atomic mass is 10.1. The van der Waals surface area contributed by atoms with E-state index in [1.165, 1.54) is 30.5 Å². The molecule has 0 spiro atoms. The zero-order chi connectivity index (χ0) is 18.4. The van der Waals surface area contributed by atoms with Crippen molar-refractivity contribution in [3.05, 3.63) is 53.6 Å². The molecule has 0 radical (unpaired) electrons. The van der Waals surface area contributed by atoms with Crippen molar-refractivity contribution in [2.24, 2.45) is 0 Å². The Hall–Kier alpha value is -2.49. The SMILES string of the molecule is CCc1cccc(C)c1NC(=O)CNc1ccc(N2CCCCC2)cc1. The van der Waals surface area contributed by atoms with Crippen molar-refractivity contribution in [2.75, 3.05) is 35.2 Å². The van der Waals surface area contributed by atoms with Crippen LogP contribution >= 0.6 is 0 Å². The molecule has 3 rings (SSSR count). The standard InChI is InChI=1S/C22H29N3O/c1-3-18-9-7-8-17(2)22(18)24-21(26)16-23-19-10-12-20(13-11-19)25-14-5-4-6-15-25/h7-13,23H,3-6,14-16H2,1-2H3,(H,24,26). The van der Waals surface area contributed by atoms with E-state index >= 15 is 0 Å². The van der Waals surface area contributed by atoms with E-state index in [4.69, 9.17) is 0 Å². The molecule has 4 heteroatoms. The highest BCUT2D eigenvalue weighted by Gasteiger charge is 2.11. The second-order valence-corrected chi connectivity index (χ2v) is 6.96. The Balaban J connectivity index is 1.55. The van der Waals surface area contributed by atoms with E-state index < -0.39 is 0 Å². The van der Waals surface area contributed by atoms with Crippen molar-refractivity contribution in [1.82, 2.24) is 0 Å². The highest BCUT2D eigenvalue weighted by atomic mass is 16.1. The summed E-state index contributed by atoms with van der Waals surface area (Å²) in [5, 5.41) is 6.27. The second kappa shape index (κ2) is 8.75. The van der Waals surface area contributed by atoms with Gasteiger partial charge in [-0.25, -0.2) is 0 Å². The molecule has 4 nitrogen and oxygen atoms in total. The molecular formula is C22H29N3O. The Morgan fingerprint density at radius 1 is 1.04 bits per heavy atom. The Morgan fingerprint density at radius 2 is 1.77 bits per heavy atom. The number of benzene rings is 2. The van der Waals surface area contributed by atoms with Crippen molar-refractivity contribution < 1.29 is 4.79 Å². The Labute approximate surface area is 156 Å². The lowest BCUT2D eigenvalue weighted by Crippen LogP contribution is -2.29. The molecular weight excluding hydrogens is 322 g/mol. The number of hydrogen-bond acceptors (Lipinski definition) is 3. The van der Waals surface area contributed by atoms with E-state index in [2.05, 4.69) is 52.8 Å². The molecule has 1 aliphatic rings. The molecule has 1 saturated heterocycles. The first-order valence-corrected chi connectivity index (χ1v) is 9.64. The lowest BCUT2D eigenvalue weighted by molar-refractivity contribution is -0.114. The summed E-state index contributed by atoms with van der Waals surface area (Å²) in [7, 11) is 0. The molecule has 0 saturated carbocycles. The third kappa shape index (κ3) is 4.57. The van der Waals surface area contributed by atoms with Crippen LogP contribution in [0.3, 0.4) is 0 Å². The van der Waals surface area contributed by atoms with E-state index in [1.807, 2.05) is 19.1 Å². The summed E-state index contributed by atoms with van der Waals surface area (Å²) < 4.78 is 0. The predicted molar refractivity (Wildman–Crippen MR) is 110 cm³/mol. The van der Waals surface area contributed by atoms with Gasteiger partial charge in [0.25, 0.3) is 0 Å². The second-order valence-electron chi connectivity index (χ2n) is 6.96. The number of rotatable bonds is 6. The summed E-state index contributed by atoms with van der Waals surface area (Å²) in [6.45, 7) is 6.69. The van der Waals surface area contributed by atoms with Gasteiger partial charge in [0.15, 0.2) is 0 Å². The van der Waals surface area contributed by atoms with E-state index in [-0.39, 0.29) is 12.5 Å². The molecule has 1 aliphatic heterocycles. The van der Waals surface area contributed by atoms with Crippen LogP contribution in [0.2, 0.25) is 0 Å². The summed E-state index contributed by atoms with van der Waals surface area (Å²) in [5.74, 6) is -0.0193. The number of piperidine rings is 1. The van der Waals surface area contributed by atoms with Crippen LogP contribution in [0.1, 0.15) is 37.3 Å². The normalized spacial score (nSPS) is 14.2. The molecule has 0 atom stereocenters. The maximum absolute atomic E-state index is 12.3. The smallest absolute Gasteiger partial charge is 0.243 e. The third-order valence-corrected chi connectivity index (χ3v) is 5.05. The quantitative estimate of drug-likeness (QED) is 0.799. The van der Waals surface area contributed by atoms with Gasteiger partial charge in [0.2, 0.25) is 5.91 Å². The van der Waals surface area contributed by atoms with Gasteiger partial charge in [-0.2, -0.15) is 0 Å². The van der Waals surface area contributed by atoms with Crippen LogP contribution in [-0.2, 0) is 11.2 Å². The summed E-state index contributed by atoms with van der Waals surface area (Å²) in [6.07, 6.45) is 4.80. The number of anilines is 3. The molecule has 2 N–H and O–H groups in total. The minimum atomic E-state index is -0.0193. The van der Waals surface area contributed by atoms with Crippen molar-refractivity contribution in [1.29, 1.82) is 0 Å². The minimum Gasteiger partial charge on any atom is -0.376 e. The highest BCUT2D eigenvalue weighted by Crippen LogP contribution is 2.22. The predicted octanol–water partition coefficient (Wildman–Crippen LogP) is 4.60. The summed E-state index contributed by atoms with van der Waals surface area (Å²) in [5.41, 5.74) is 5.46. The van der Waals surface area contributed by atoms with Gasteiger partial charge in [0.05, 0.1) is 6.54 Å². The van der Waals surface area contributed by atoms with Crippen LogP contribution in [0.25, 0.3) is 0 Å². The van der Waals surface area contributed by atoms with Crippen molar-refractivity contribution in [2.45, 2.75) is 39.5 Å². The van der Waals surface area contributed by atoms with Crippen LogP contribution in [0.5, 0.6) is 0 Å². The Morgan fingerprint density at radius 3 is 2.46 bits per heavy atom. The van der Waals surface area contributed by atoms with Gasteiger partial charge in [0, 0.05) is 30.2 Å². The fraction of sp³-hybridized carbons (Fsp3) is 0.409. The minimum absolute atomic E-state index is 0.0193. The number of para-hydroxylation sites is 1. The van der Waals surface area contributed by atoms with Gasteiger partial charge < -0.3 is 15.5 Å². The largest absolute Gasteiger partial charge is 0.376 e. The van der Waals surface area contributed by atoms with Gasteiger partial charge in [0.1, 0.15) is 0 Å². The number of carbonyl (C=O) groups is 1. The molecule has 2 aromatic carbocycles. The van der Waals surface area contributed by atoms with Crippen molar-refractivity contribution in [3.8, 4) is 0 Å². The van der Waals surface area contributed by atoms with Crippen LogP contribution in [0, 0.1) is 6.92 Å². The molecule has 0 bridgehead atoms. The van der Waals surface area contributed by atoms with Crippen LogP contribution in [-0.4, -0.2) is 25.5 Å². The fourth-order valence-corrected chi connectivity index (χ4v) is 3.51. The van der Waals surface area contributed by atoms with Crippen LogP contribution in [0.4, 0.5) is 17.1 Å². The van der Waals surface area contributed by atoms with Gasteiger partial charge >= 0.3 is 0 Å². The molecule has 2 aromatic rings. The van der Waals surface area contributed by atoms with Gasteiger partial charge in [-0.15, -0.1) is 0 Å². The zero-order valence-electron chi connectivity index (χ0n) is 15.8. The highest BCUT2D eigenvalue weighted by molar-refractivity contribution is 5.95. The number of amides is 1. The van der Waals surface area contributed by atoms with Gasteiger partial charge in [-0.05, 0) is 68.0 Å². The maximum atomic E-state index is 12.3. The topological polar surface area (TPSA) is 44.4 Å². The molecule has 0 aliphatic carbocycles. The molecule has 138 valence electrons. The number of carbonyl (C=O) groups excluding carboxylic acids is 1. The third-order valence-electron chi connectivity index (χ3n) is 5.05. The first-order chi connectivity index (χ1) is 12.7. The molecule has 1 heterocycles. The summed E-state index contributed by atoms with van der Waals surface area (Å²) in [4.78, 5) is 14.8. The Bertz CT molecular complexity index is 734.